The smallest absolute Gasteiger partial charge is 0.302 e. The van der Waals surface area contributed by atoms with Crippen LogP contribution < -0.4 is 0 Å². The maximum absolute atomic E-state index is 12.0. The van der Waals surface area contributed by atoms with Crippen molar-refractivity contribution in [3.63, 3.8) is 0 Å². The molecule has 28 heavy (non-hydrogen) atoms. The van der Waals surface area contributed by atoms with Crippen LogP contribution in [0.4, 0.5) is 0 Å². The number of ether oxygens (including phenoxy) is 2. The molecule has 4 rings (SSSR count). The Kier molecular flexibility index (Phi) is 4.65. The average Bonchev–Trinajstić information content (AvgIpc) is 2.99. The van der Waals surface area contributed by atoms with E-state index in [1.807, 2.05) is 0 Å². The van der Waals surface area contributed by atoms with Crippen molar-refractivity contribution in [3.8, 4) is 0 Å². The Hall–Kier alpha value is -1.10. The molecule has 1 unspecified atom stereocenters. The molecule has 0 spiro atoms. The van der Waals surface area contributed by atoms with Gasteiger partial charge in [0, 0.05) is 25.7 Å². The molecule has 0 bridgehead atoms. The van der Waals surface area contributed by atoms with Crippen molar-refractivity contribution in [2.24, 2.45) is 34.5 Å². The predicted molar refractivity (Wildman–Crippen MR) is 104 cm³/mol. The number of rotatable bonds is 2. The molecular weight excluding hydrogens is 356 g/mol. The van der Waals surface area contributed by atoms with E-state index >= 15 is 0 Å². The second-order valence-electron chi connectivity index (χ2n) is 10.6. The van der Waals surface area contributed by atoms with Gasteiger partial charge in [-0.25, -0.2) is 0 Å². The molecule has 9 atom stereocenters. The average molecular weight is 393 g/mol. The third-order valence-electron chi connectivity index (χ3n) is 9.55. The fourth-order valence-electron chi connectivity index (χ4n) is 8.21. The summed E-state index contributed by atoms with van der Waals surface area (Å²) in [5, 5.41) is 12.0. The zero-order chi connectivity index (χ0) is 20.5. The minimum atomic E-state index is -0.800. The normalized spacial score (nSPS) is 52.4. The van der Waals surface area contributed by atoms with Gasteiger partial charge in [0.05, 0.1) is 5.60 Å². The molecule has 0 heterocycles. The Balaban J connectivity index is 1.64. The van der Waals surface area contributed by atoms with Gasteiger partial charge in [0.2, 0.25) is 0 Å². The molecule has 4 fully saturated rings. The molecular formula is C23H36O5. The molecule has 0 aromatic rings. The first-order chi connectivity index (χ1) is 13.0. The molecule has 1 N–H and O–H groups in total. The van der Waals surface area contributed by atoms with Crippen LogP contribution >= 0.6 is 0 Å². The van der Waals surface area contributed by atoms with Gasteiger partial charge in [-0.1, -0.05) is 20.8 Å². The Morgan fingerprint density at radius 3 is 2.25 bits per heavy atom. The van der Waals surface area contributed by atoms with Crippen molar-refractivity contribution < 1.29 is 24.2 Å². The molecule has 0 aromatic carbocycles. The van der Waals surface area contributed by atoms with Crippen LogP contribution in [-0.2, 0) is 19.1 Å². The molecule has 0 aromatic heterocycles. The largest absolute Gasteiger partial charge is 0.462 e. The highest BCUT2D eigenvalue weighted by atomic mass is 16.5. The van der Waals surface area contributed by atoms with Crippen LogP contribution in [-0.4, -0.2) is 34.9 Å². The third kappa shape index (κ3) is 2.60. The first-order valence-corrected chi connectivity index (χ1v) is 11.1. The lowest BCUT2D eigenvalue weighted by Crippen LogP contribution is -2.54. The van der Waals surface area contributed by atoms with Crippen LogP contribution in [0.2, 0.25) is 0 Å². The number of esters is 2. The summed E-state index contributed by atoms with van der Waals surface area (Å²) in [6.45, 7) is 9.75. The number of aliphatic hydroxyl groups is 1. The molecule has 0 amide bonds. The fourth-order valence-corrected chi connectivity index (χ4v) is 8.21. The molecule has 4 saturated carbocycles. The molecule has 4 aliphatic carbocycles. The number of fused-ring (bicyclic) bond motifs is 5. The third-order valence-corrected chi connectivity index (χ3v) is 9.55. The highest BCUT2D eigenvalue weighted by molar-refractivity contribution is 5.66. The Morgan fingerprint density at radius 2 is 1.61 bits per heavy atom. The summed E-state index contributed by atoms with van der Waals surface area (Å²) >= 11 is 0. The van der Waals surface area contributed by atoms with E-state index in [0.717, 1.165) is 38.5 Å². The van der Waals surface area contributed by atoms with E-state index in [2.05, 4.69) is 20.8 Å². The first-order valence-electron chi connectivity index (χ1n) is 11.1. The molecule has 5 nitrogen and oxygen atoms in total. The topological polar surface area (TPSA) is 72.8 Å². The number of carbonyl (C=O) groups is 2. The van der Waals surface area contributed by atoms with Gasteiger partial charge in [-0.2, -0.15) is 0 Å². The van der Waals surface area contributed by atoms with E-state index in [-0.39, 0.29) is 40.9 Å². The summed E-state index contributed by atoms with van der Waals surface area (Å²) < 4.78 is 11.3. The van der Waals surface area contributed by atoms with Crippen molar-refractivity contribution in [2.75, 3.05) is 0 Å². The zero-order valence-electron chi connectivity index (χ0n) is 18.0. The van der Waals surface area contributed by atoms with Gasteiger partial charge < -0.3 is 14.6 Å². The number of carbonyl (C=O) groups excluding carboxylic acids is 2. The van der Waals surface area contributed by atoms with Crippen LogP contribution in [0.5, 0.6) is 0 Å². The van der Waals surface area contributed by atoms with Crippen molar-refractivity contribution in [3.05, 3.63) is 0 Å². The summed E-state index contributed by atoms with van der Waals surface area (Å²) in [4.78, 5) is 23.1. The van der Waals surface area contributed by atoms with Gasteiger partial charge in [-0.3, -0.25) is 9.59 Å². The van der Waals surface area contributed by atoms with Gasteiger partial charge in [-0.05, 0) is 67.6 Å². The van der Waals surface area contributed by atoms with E-state index in [9.17, 15) is 14.7 Å². The van der Waals surface area contributed by atoms with Gasteiger partial charge in [0.1, 0.15) is 12.2 Å². The Morgan fingerprint density at radius 1 is 0.929 bits per heavy atom. The molecule has 4 aliphatic rings. The highest BCUT2D eigenvalue weighted by Crippen LogP contribution is 2.71. The molecule has 5 heteroatoms. The van der Waals surface area contributed by atoms with E-state index in [1.165, 1.54) is 13.8 Å². The zero-order valence-corrected chi connectivity index (χ0v) is 18.0. The lowest BCUT2D eigenvalue weighted by atomic mass is 9.55. The van der Waals surface area contributed by atoms with Crippen LogP contribution in [0.15, 0.2) is 0 Å². The molecule has 0 aliphatic heterocycles. The lowest BCUT2D eigenvalue weighted by Gasteiger charge is -2.52. The maximum Gasteiger partial charge on any atom is 0.302 e. The second-order valence-corrected chi connectivity index (χ2v) is 10.6. The van der Waals surface area contributed by atoms with Crippen molar-refractivity contribution in [2.45, 2.75) is 97.4 Å². The van der Waals surface area contributed by atoms with Crippen LogP contribution in [0.1, 0.15) is 79.6 Å². The highest BCUT2D eigenvalue weighted by Gasteiger charge is 2.71. The Bertz CT molecular complexity index is 676. The predicted octanol–water partition coefficient (Wildman–Crippen LogP) is 3.86. The monoisotopic (exact) mass is 392 g/mol. The van der Waals surface area contributed by atoms with Crippen molar-refractivity contribution in [1.82, 2.24) is 0 Å². The van der Waals surface area contributed by atoms with Gasteiger partial charge in [0.25, 0.3) is 0 Å². The number of hydrogen-bond donors (Lipinski definition) is 1. The van der Waals surface area contributed by atoms with Gasteiger partial charge >= 0.3 is 11.9 Å². The second kappa shape index (κ2) is 6.45. The van der Waals surface area contributed by atoms with E-state index in [1.54, 1.807) is 0 Å². The van der Waals surface area contributed by atoms with Crippen molar-refractivity contribution in [1.29, 1.82) is 0 Å². The summed E-state index contributed by atoms with van der Waals surface area (Å²) in [5.74, 6) is 1.11. The molecule has 158 valence electrons. The van der Waals surface area contributed by atoms with Crippen LogP contribution in [0.3, 0.4) is 0 Å². The van der Waals surface area contributed by atoms with Crippen molar-refractivity contribution >= 4 is 11.9 Å². The first kappa shape index (κ1) is 20.2. The van der Waals surface area contributed by atoms with E-state index < -0.39 is 5.60 Å². The maximum atomic E-state index is 12.0. The summed E-state index contributed by atoms with van der Waals surface area (Å²) in [7, 11) is 0. The summed E-state index contributed by atoms with van der Waals surface area (Å²) in [6, 6.07) is 0. The number of hydrogen-bond acceptors (Lipinski definition) is 5. The standard InChI is InChI=1S/C23H36O5/c1-13-20-17-6-7-19(28-15(3)25)21(17,4)10-9-18(20)22(5)11-8-16(27-14(2)24)12-23(13,22)26/h13,16-20,26H,6-12H2,1-5H3/t13-,16+,17+,18+,19+,20?,21+,22-,23-/m1/s1. The summed E-state index contributed by atoms with van der Waals surface area (Å²) in [5.41, 5.74) is -0.920. The van der Waals surface area contributed by atoms with Gasteiger partial charge in [0.15, 0.2) is 0 Å². The Labute approximate surface area is 168 Å². The quantitative estimate of drug-likeness (QED) is 0.723. The summed E-state index contributed by atoms with van der Waals surface area (Å²) in [6.07, 6.45) is 6.26. The minimum absolute atomic E-state index is 0.00187. The SMILES string of the molecule is CC(=O)O[C@H]1CC[C@]2(C)[C@H]3CC[C@]4(C)[C@@H](OC(C)=O)CC[C@H]4C3[C@@H](C)[C@]2(O)C1. The van der Waals surface area contributed by atoms with Gasteiger partial charge in [-0.15, -0.1) is 0 Å². The van der Waals surface area contributed by atoms with Crippen LogP contribution in [0, 0.1) is 34.5 Å². The van der Waals surface area contributed by atoms with E-state index in [0.29, 0.717) is 24.2 Å². The molecule has 0 radical (unpaired) electrons. The lowest BCUT2D eigenvalue weighted by molar-refractivity contribution is -0.173. The fraction of sp³-hybridized carbons (Fsp3) is 0.913. The van der Waals surface area contributed by atoms with Crippen LogP contribution in [0.25, 0.3) is 0 Å². The minimum Gasteiger partial charge on any atom is -0.462 e. The molecule has 0 saturated heterocycles. The van der Waals surface area contributed by atoms with E-state index in [4.69, 9.17) is 9.47 Å².